The molecule has 2 aromatic carbocycles. The highest BCUT2D eigenvalue weighted by atomic mass is 16.6. The van der Waals surface area contributed by atoms with Crippen molar-refractivity contribution >= 4 is 33.9 Å². The van der Waals surface area contributed by atoms with Crippen molar-refractivity contribution in [1.82, 2.24) is 4.98 Å². The first kappa shape index (κ1) is 15.2. The Morgan fingerprint density at radius 1 is 0.958 bits per heavy atom. The molecule has 24 heavy (non-hydrogen) atoms. The lowest BCUT2D eigenvalue weighted by Crippen LogP contribution is -2.12. The molecule has 0 aliphatic rings. The summed E-state index contributed by atoms with van der Waals surface area (Å²) in [5.74, 6) is -0.505. The van der Waals surface area contributed by atoms with Gasteiger partial charge in [0.2, 0.25) is 0 Å². The van der Waals surface area contributed by atoms with E-state index in [0.29, 0.717) is 0 Å². The highest BCUT2D eigenvalue weighted by Crippen LogP contribution is 2.29. The molecule has 0 aliphatic carbocycles. The fourth-order valence-electron chi connectivity index (χ4n) is 2.30. The van der Waals surface area contributed by atoms with Gasteiger partial charge in [-0.3, -0.25) is 25.0 Å². The van der Waals surface area contributed by atoms with Gasteiger partial charge in [0.1, 0.15) is 5.69 Å². The first-order valence-electron chi connectivity index (χ1n) is 6.77. The van der Waals surface area contributed by atoms with Crippen molar-refractivity contribution in [3.63, 3.8) is 0 Å². The van der Waals surface area contributed by atoms with Gasteiger partial charge in [0.15, 0.2) is 0 Å². The monoisotopic (exact) mass is 326 g/mol. The number of aromatic nitrogens is 1. The Kier molecular flexibility index (Phi) is 3.66. The molecule has 1 heterocycles. The van der Waals surface area contributed by atoms with E-state index in [4.69, 9.17) is 0 Å². The number of nitro benzene ring substituents is 2. The van der Waals surface area contributed by atoms with Gasteiger partial charge in [0.05, 0.1) is 9.85 Å². The molecule has 0 unspecified atom stereocenters. The first-order valence-corrected chi connectivity index (χ1v) is 6.77. The number of rotatable bonds is 4. The zero-order valence-electron chi connectivity index (χ0n) is 12.1. The third-order valence-electron chi connectivity index (χ3n) is 3.40. The number of nitro groups is 2. The molecule has 1 amide bonds. The highest BCUT2D eigenvalue weighted by Gasteiger charge is 2.24. The maximum atomic E-state index is 12.2. The van der Waals surface area contributed by atoms with Crippen LogP contribution in [0.1, 0.15) is 10.5 Å². The maximum Gasteiger partial charge on any atom is 0.348 e. The van der Waals surface area contributed by atoms with E-state index in [1.807, 2.05) is 24.3 Å². The van der Waals surface area contributed by atoms with Crippen LogP contribution in [-0.4, -0.2) is 20.7 Å². The number of benzene rings is 2. The van der Waals surface area contributed by atoms with Crippen molar-refractivity contribution in [2.24, 2.45) is 0 Å². The number of hydrogen-bond acceptors (Lipinski definition) is 5. The highest BCUT2D eigenvalue weighted by molar-refractivity contribution is 6.06. The van der Waals surface area contributed by atoms with E-state index in [2.05, 4.69) is 10.3 Å². The number of carbonyl (C=O) groups excluding carboxylic acids is 1. The van der Waals surface area contributed by atoms with Gasteiger partial charge in [-0.15, -0.1) is 0 Å². The Bertz CT molecular complexity index is 946. The molecule has 0 spiro atoms. The van der Waals surface area contributed by atoms with Gasteiger partial charge < -0.3 is 10.3 Å². The minimum atomic E-state index is -0.864. The number of amides is 1. The minimum absolute atomic E-state index is 0.0935. The number of aromatic amines is 1. The summed E-state index contributed by atoms with van der Waals surface area (Å²) in [5, 5.41) is 25.1. The van der Waals surface area contributed by atoms with E-state index in [0.717, 1.165) is 23.0 Å². The molecule has 9 heteroatoms. The topological polar surface area (TPSA) is 131 Å². The predicted molar refractivity (Wildman–Crippen MR) is 86.0 cm³/mol. The van der Waals surface area contributed by atoms with Crippen molar-refractivity contribution in [3.05, 3.63) is 74.5 Å². The normalized spacial score (nSPS) is 10.5. The molecule has 0 saturated heterocycles. The number of nitrogens with zero attached hydrogens (tertiary/aromatic N) is 2. The first-order chi connectivity index (χ1) is 11.5. The Hall–Kier alpha value is -3.75. The summed E-state index contributed by atoms with van der Waals surface area (Å²) in [4.78, 5) is 35.2. The molecule has 9 nitrogen and oxygen atoms in total. The Balaban J connectivity index is 1.90. The van der Waals surface area contributed by atoms with Gasteiger partial charge in [0, 0.05) is 28.7 Å². The molecule has 0 radical (unpaired) electrons. The molecule has 0 atom stereocenters. The molecule has 0 fully saturated rings. The van der Waals surface area contributed by atoms with E-state index in [1.54, 1.807) is 6.07 Å². The van der Waals surface area contributed by atoms with Crippen molar-refractivity contribution < 1.29 is 14.6 Å². The molecule has 2 N–H and O–H groups in total. The van der Waals surface area contributed by atoms with Gasteiger partial charge in [-0.2, -0.15) is 0 Å². The van der Waals surface area contributed by atoms with Gasteiger partial charge >= 0.3 is 11.4 Å². The molecule has 0 bridgehead atoms. The lowest BCUT2D eigenvalue weighted by Gasteiger charge is -2.03. The predicted octanol–water partition coefficient (Wildman–Crippen LogP) is 3.24. The number of fused-ring (bicyclic) bond motifs is 1. The molecule has 0 saturated carbocycles. The Morgan fingerprint density at radius 3 is 2.33 bits per heavy atom. The van der Waals surface area contributed by atoms with Crippen molar-refractivity contribution in [2.75, 3.05) is 5.32 Å². The number of carbonyl (C=O) groups is 1. The average Bonchev–Trinajstić information content (AvgIpc) is 2.98. The molecule has 1 aromatic heterocycles. The minimum Gasteiger partial charge on any atom is -0.351 e. The fourth-order valence-corrected chi connectivity index (χ4v) is 2.30. The van der Waals surface area contributed by atoms with Gasteiger partial charge in [-0.1, -0.05) is 18.2 Å². The summed E-state index contributed by atoms with van der Waals surface area (Å²) >= 11 is 0. The van der Waals surface area contributed by atoms with Crippen LogP contribution >= 0.6 is 0 Å². The third kappa shape index (κ3) is 2.77. The number of nitrogens with one attached hydrogen (secondary N) is 2. The second-order valence-electron chi connectivity index (χ2n) is 4.94. The Morgan fingerprint density at radius 2 is 1.67 bits per heavy atom. The summed E-state index contributed by atoms with van der Waals surface area (Å²) < 4.78 is 0. The fraction of sp³-hybridized carbons (Fsp3) is 0. The van der Waals surface area contributed by atoms with E-state index in [9.17, 15) is 25.0 Å². The van der Waals surface area contributed by atoms with Crippen molar-refractivity contribution in [3.8, 4) is 0 Å². The van der Waals surface area contributed by atoms with Crippen LogP contribution < -0.4 is 5.32 Å². The lowest BCUT2D eigenvalue weighted by molar-refractivity contribution is -0.422. The van der Waals surface area contributed by atoms with Crippen LogP contribution in [0.5, 0.6) is 0 Å². The number of para-hydroxylation sites is 1. The second kappa shape index (κ2) is 5.80. The molecule has 3 rings (SSSR count). The van der Waals surface area contributed by atoms with Gasteiger partial charge in [-0.25, -0.2) is 0 Å². The smallest absolute Gasteiger partial charge is 0.348 e. The standard InChI is InChI=1S/C15H10N4O5/c20-15(12-7-9-3-1-2-4-11(9)17-12)16-10-5-6-13(18(21)22)14(8-10)19(23)24/h1-8,17H,(H,16,20). The quantitative estimate of drug-likeness (QED) is 0.561. The number of hydrogen-bond donors (Lipinski definition) is 2. The summed E-state index contributed by atoms with van der Waals surface area (Å²) in [5.41, 5.74) is -0.177. The third-order valence-corrected chi connectivity index (χ3v) is 3.40. The largest absolute Gasteiger partial charge is 0.351 e. The Labute approximate surface area is 134 Å². The van der Waals surface area contributed by atoms with Crippen LogP contribution in [0.4, 0.5) is 17.1 Å². The van der Waals surface area contributed by atoms with Crippen LogP contribution in [-0.2, 0) is 0 Å². The average molecular weight is 326 g/mol. The van der Waals surface area contributed by atoms with Crippen LogP contribution in [0.2, 0.25) is 0 Å². The zero-order valence-corrected chi connectivity index (χ0v) is 12.1. The summed E-state index contributed by atoms with van der Waals surface area (Å²) in [6.45, 7) is 0. The SMILES string of the molecule is O=C(Nc1ccc([N+](=O)[O-])c([N+](=O)[O-])c1)c1cc2ccccc2[nH]1. The maximum absolute atomic E-state index is 12.2. The van der Waals surface area contributed by atoms with E-state index >= 15 is 0 Å². The van der Waals surface area contributed by atoms with Crippen LogP contribution in [0.3, 0.4) is 0 Å². The van der Waals surface area contributed by atoms with E-state index in [-0.39, 0.29) is 11.4 Å². The summed E-state index contributed by atoms with van der Waals surface area (Å²) in [6.07, 6.45) is 0. The number of H-pyrrole nitrogens is 1. The van der Waals surface area contributed by atoms with Crippen LogP contribution in [0.15, 0.2) is 48.5 Å². The second-order valence-corrected chi connectivity index (χ2v) is 4.94. The number of anilines is 1. The van der Waals surface area contributed by atoms with E-state index in [1.165, 1.54) is 6.07 Å². The van der Waals surface area contributed by atoms with Crippen LogP contribution in [0.25, 0.3) is 10.9 Å². The zero-order chi connectivity index (χ0) is 17.3. The summed E-state index contributed by atoms with van der Waals surface area (Å²) in [6, 6.07) is 12.1. The van der Waals surface area contributed by atoms with Crippen molar-refractivity contribution in [1.29, 1.82) is 0 Å². The molecular weight excluding hydrogens is 316 g/mol. The summed E-state index contributed by atoms with van der Waals surface area (Å²) in [7, 11) is 0. The lowest BCUT2D eigenvalue weighted by atomic mass is 10.2. The van der Waals surface area contributed by atoms with Gasteiger partial charge in [0.25, 0.3) is 5.91 Å². The van der Waals surface area contributed by atoms with Crippen LogP contribution in [0, 0.1) is 20.2 Å². The van der Waals surface area contributed by atoms with Crippen molar-refractivity contribution in [2.45, 2.75) is 0 Å². The van der Waals surface area contributed by atoms with E-state index < -0.39 is 27.1 Å². The molecule has 3 aromatic rings. The molecule has 0 aliphatic heterocycles. The van der Waals surface area contributed by atoms with Gasteiger partial charge in [-0.05, 0) is 18.2 Å². The molecular formula is C15H10N4O5. The molecule has 120 valence electrons.